The van der Waals surface area contributed by atoms with Gasteiger partial charge in [-0.1, -0.05) is 25.5 Å². The van der Waals surface area contributed by atoms with E-state index in [2.05, 4.69) is 27.4 Å². The number of esters is 1. The van der Waals surface area contributed by atoms with Gasteiger partial charge in [0.1, 0.15) is 6.10 Å². The summed E-state index contributed by atoms with van der Waals surface area (Å²) in [6, 6.07) is 0. The lowest BCUT2D eigenvalue weighted by atomic mass is 9.64. The lowest BCUT2D eigenvalue weighted by molar-refractivity contribution is -0.144. The molecule has 2 unspecified atom stereocenters. The molecule has 0 radical (unpaired) electrons. The summed E-state index contributed by atoms with van der Waals surface area (Å²) in [5, 5.41) is 0. The van der Waals surface area contributed by atoms with E-state index in [0.29, 0.717) is 6.61 Å². The topological polar surface area (TPSA) is 44.8 Å². The van der Waals surface area contributed by atoms with Gasteiger partial charge in [0.15, 0.2) is 0 Å². The molecule has 1 saturated heterocycles. The Balaban J connectivity index is 2.14. The van der Waals surface area contributed by atoms with Crippen LogP contribution in [-0.4, -0.2) is 38.0 Å². The molecule has 4 heteroatoms. The molecule has 0 N–H and O–H groups in total. The molecule has 1 aliphatic heterocycles. The average Bonchev–Trinajstić information content (AvgIpc) is 2.85. The maximum atomic E-state index is 12.1. The van der Waals surface area contributed by atoms with Crippen molar-refractivity contribution in [3.05, 3.63) is 23.8 Å². The van der Waals surface area contributed by atoms with Crippen molar-refractivity contribution in [2.24, 2.45) is 11.3 Å². The standard InChI is InChI=1S/C18H28O4/c1-7-13(21-10-11(2)20-6)8-14-12(3)16-9-15(17(19)22-16)18(14,4)5/h7,11,13,15-16H,1,8-10H2,2-6H3/t11?,13?,15-,16-/m0/s1. The number of ether oxygens (including phenoxy) is 3. The molecule has 0 spiro atoms. The second-order valence-electron chi connectivity index (χ2n) is 6.96. The number of carbonyl (C=O) groups is 1. The van der Waals surface area contributed by atoms with E-state index in [-0.39, 0.29) is 35.6 Å². The monoisotopic (exact) mass is 308 g/mol. The number of rotatable bonds is 7. The molecule has 0 amide bonds. The van der Waals surface area contributed by atoms with Crippen molar-refractivity contribution in [2.75, 3.05) is 13.7 Å². The van der Waals surface area contributed by atoms with Crippen LogP contribution in [0.2, 0.25) is 0 Å². The molecule has 2 bridgehead atoms. The van der Waals surface area contributed by atoms with Crippen molar-refractivity contribution in [2.45, 2.75) is 58.8 Å². The van der Waals surface area contributed by atoms with E-state index in [4.69, 9.17) is 14.2 Å². The van der Waals surface area contributed by atoms with E-state index < -0.39 is 0 Å². The number of fused-ring (bicyclic) bond motifs is 2. The minimum atomic E-state index is -0.189. The van der Waals surface area contributed by atoms with Crippen LogP contribution in [0.1, 0.15) is 40.5 Å². The third kappa shape index (κ3) is 3.13. The van der Waals surface area contributed by atoms with Crippen LogP contribution in [0.5, 0.6) is 0 Å². The Kier molecular flexibility index (Phi) is 5.13. The van der Waals surface area contributed by atoms with Crippen molar-refractivity contribution in [3.63, 3.8) is 0 Å². The summed E-state index contributed by atoms with van der Waals surface area (Å²) in [4.78, 5) is 12.1. The summed E-state index contributed by atoms with van der Waals surface area (Å²) in [6.45, 7) is 12.7. The zero-order chi connectivity index (χ0) is 16.5. The van der Waals surface area contributed by atoms with Crippen molar-refractivity contribution < 1.29 is 19.0 Å². The summed E-state index contributed by atoms with van der Waals surface area (Å²) in [7, 11) is 1.68. The van der Waals surface area contributed by atoms with Crippen LogP contribution in [0.15, 0.2) is 23.8 Å². The molecular weight excluding hydrogens is 280 g/mol. The maximum Gasteiger partial charge on any atom is 0.310 e. The van der Waals surface area contributed by atoms with Crippen LogP contribution in [0.4, 0.5) is 0 Å². The zero-order valence-corrected chi connectivity index (χ0v) is 14.3. The van der Waals surface area contributed by atoms with Crippen molar-refractivity contribution in [3.8, 4) is 0 Å². The number of methoxy groups -OCH3 is 1. The van der Waals surface area contributed by atoms with Crippen molar-refractivity contribution >= 4 is 5.97 Å². The Morgan fingerprint density at radius 2 is 2.18 bits per heavy atom. The second kappa shape index (κ2) is 6.55. The molecule has 1 heterocycles. The number of hydrogen-bond donors (Lipinski definition) is 0. The molecule has 0 aromatic carbocycles. The first-order valence-corrected chi connectivity index (χ1v) is 7.98. The van der Waals surface area contributed by atoms with Gasteiger partial charge in [-0.2, -0.15) is 0 Å². The smallest absolute Gasteiger partial charge is 0.310 e. The second-order valence-corrected chi connectivity index (χ2v) is 6.96. The van der Waals surface area contributed by atoms with Gasteiger partial charge in [-0.15, -0.1) is 6.58 Å². The van der Waals surface area contributed by atoms with Gasteiger partial charge < -0.3 is 14.2 Å². The summed E-state index contributed by atoms with van der Waals surface area (Å²) < 4.78 is 16.6. The van der Waals surface area contributed by atoms with E-state index in [1.807, 2.05) is 13.0 Å². The largest absolute Gasteiger partial charge is 0.458 e. The van der Waals surface area contributed by atoms with Crippen LogP contribution in [0, 0.1) is 11.3 Å². The lowest BCUT2D eigenvalue weighted by Gasteiger charge is -2.38. The van der Waals surface area contributed by atoms with Crippen LogP contribution in [0.3, 0.4) is 0 Å². The molecule has 4 atom stereocenters. The Morgan fingerprint density at radius 3 is 2.77 bits per heavy atom. The summed E-state index contributed by atoms with van der Waals surface area (Å²) in [5.74, 6) is -0.104. The van der Waals surface area contributed by atoms with E-state index in [0.717, 1.165) is 12.8 Å². The van der Waals surface area contributed by atoms with Gasteiger partial charge in [0.05, 0.1) is 24.7 Å². The molecule has 22 heavy (non-hydrogen) atoms. The Labute approximate surface area is 133 Å². The van der Waals surface area contributed by atoms with Gasteiger partial charge in [0.25, 0.3) is 0 Å². The third-order valence-electron chi connectivity index (χ3n) is 5.22. The Morgan fingerprint density at radius 1 is 1.50 bits per heavy atom. The highest BCUT2D eigenvalue weighted by molar-refractivity contribution is 5.78. The quantitative estimate of drug-likeness (QED) is 0.535. The van der Waals surface area contributed by atoms with E-state index >= 15 is 0 Å². The van der Waals surface area contributed by atoms with Crippen molar-refractivity contribution in [1.29, 1.82) is 0 Å². The predicted molar refractivity (Wildman–Crippen MR) is 85.5 cm³/mol. The van der Waals surface area contributed by atoms with Gasteiger partial charge >= 0.3 is 5.97 Å². The molecule has 2 aliphatic rings. The minimum absolute atomic E-state index is 0.0421. The molecule has 1 aliphatic carbocycles. The van der Waals surface area contributed by atoms with Crippen LogP contribution >= 0.6 is 0 Å². The SMILES string of the molecule is C=CC(CC1=C(C)[C@@H]2C[C@@H](C(=O)O2)C1(C)C)OCC(C)OC. The van der Waals surface area contributed by atoms with E-state index in [9.17, 15) is 4.79 Å². The molecule has 0 aromatic heterocycles. The fourth-order valence-electron chi connectivity index (χ4n) is 3.51. The first-order valence-electron chi connectivity index (χ1n) is 7.98. The van der Waals surface area contributed by atoms with E-state index in [1.54, 1.807) is 7.11 Å². The van der Waals surface area contributed by atoms with Gasteiger partial charge in [0, 0.05) is 13.5 Å². The van der Waals surface area contributed by atoms with Crippen molar-refractivity contribution in [1.82, 2.24) is 0 Å². The maximum absolute atomic E-state index is 12.1. The molecule has 2 rings (SSSR count). The Bertz CT molecular complexity index is 477. The van der Waals surface area contributed by atoms with Gasteiger partial charge in [-0.3, -0.25) is 4.79 Å². The Hall–Kier alpha value is -1.13. The number of carbonyl (C=O) groups excluding carboxylic acids is 1. The third-order valence-corrected chi connectivity index (χ3v) is 5.22. The molecule has 0 aromatic rings. The number of hydrogen-bond acceptors (Lipinski definition) is 4. The molecule has 4 nitrogen and oxygen atoms in total. The fraction of sp³-hybridized carbons (Fsp3) is 0.722. The van der Waals surface area contributed by atoms with Crippen LogP contribution in [0.25, 0.3) is 0 Å². The van der Waals surface area contributed by atoms with Crippen LogP contribution in [-0.2, 0) is 19.0 Å². The first kappa shape index (κ1) is 17.2. The minimum Gasteiger partial charge on any atom is -0.458 e. The highest BCUT2D eigenvalue weighted by Crippen LogP contribution is 2.51. The van der Waals surface area contributed by atoms with Gasteiger partial charge in [-0.05, 0) is 31.3 Å². The lowest BCUT2D eigenvalue weighted by Crippen LogP contribution is -2.35. The highest BCUT2D eigenvalue weighted by Gasteiger charge is 2.51. The van der Waals surface area contributed by atoms with E-state index in [1.165, 1.54) is 11.1 Å². The molecular formula is C18H28O4. The highest BCUT2D eigenvalue weighted by atomic mass is 16.6. The normalized spacial score (nSPS) is 29.2. The average molecular weight is 308 g/mol. The predicted octanol–water partition coefficient (Wildman–Crippen LogP) is 3.27. The zero-order valence-electron chi connectivity index (χ0n) is 14.3. The molecule has 0 saturated carbocycles. The van der Waals surface area contributed by atoms with Gasteiger partial charge in [-0.25, -0.2) is 0 Å². The fourth-order valence-corrected chi connectivity index (χ4v) is 3.51. The molecule has 1 fully saturated rings. The van der Waals surface area contributed by atoms with Gasteiger partial charge in [0.2, 0.25) is 0 Å². The molecule has 124 valence electrons. The summed E-state index contributed by atoms with van der Waals surface area (Å²) in [6.07, 6.45) is 3.32. The first-order chi connectivity index (χ1) is 10.3. The summed E-state index contributed by atoms with van der Waals surface area (Å²) >= 11 is 0. The summed E-state index contributed by atoms with van der Waals surface area (Å²) in [5.41, 5.74) is 2.27. The van der Waals surface area contributed by atoms with Crippen LogP contribution < -0.4 is 0 Å².